The first kappa shape index (κ1) is 21.0. The molecule has 1 aromatic heterocycles. The Morgan fingerprint density at radius 2 is 1.57 bits per heavy atom. The fourth-order valence-electron chi connectivity index (χ4n) is 3.66. The molecular weight excluding hydrogens is 390 g/mol. The smallest absolute Gasteiger partial charge is 0.262 e. The van der Waals surface area contributed by atoms with Crippen LogP contribution >= 0.6 is 0 Å². The van der Waals surface area contributed by atoms with Gasteiger partial charge in [0.25, 0.3) is 17.7 Å². The van der Waals surface area contributed by atoms with Crippen LogP contribution in [-0.4, -0.2) is 40.4 Å². The van der Waals surface area contributed by atoms with Crippen molar-refractivity contribution in [2.45, 2.75) is 33.7 Å². The number of aryl methyl sites for hydroxylation is 1. The second-order valence-electron chi connectivity index (χ2n) is 7.36. The zero-order valence-electron chi connectivity index (χ0n) is 16.9. The summed E-state index contributed by atoms with van der Waals surface area (Å²) in [6.07, 6.45) is 0. The molecular formula is C21H21N3O6. The molecule has 3 N–H and O–H groups in total. The first-order valence-corrected chi connectivity index (χ1v) is 9.28. The summed E-state index contributed by atoms with van der Waals surface area (Å²) in [5.41, 5.74) is 5.53. The van der Waals surface area contributed by atoms with Gasteiger partial charge in [0.1, 0.15) is 17.4 Å². The van der Waals surface area contributed by atoms with Crippen LogP contribution in [-0.2, 0) is 4.79 Å². The zero-order chi connectivity index (χ0) is 22.3. The van der Waals surface area contributed by atoms with Crippen molar-refractivity contribution in [1.29, 1.82) is 0 Å². The van der Waals surface area contributed by atoms with Gasteiger partial charge in [0.15, 0.2) is 5.78 Å². The lowest BCUT2D eigenvalue weighted by Gasteiger charge is -2.28. The van der Waals surface area contributed by atoms with Gasteiger partial charge in [-0.3, -0.25) is 34.2 Å². The van der Waals surface area contributed by atoms with Crippen LogP contribution < -0.4 is 11.1 Å². The number of nitrogens with zero attached hydrogens (tertiary/aromatic N) is 1. The number of benzene rings is 1. The third-order valence-electron chi connectivity index (χ3n) is 4.92. The predicted octanol–water partition coefficient (Wildman–Crippen LogP) is 2.15. The van der Waals surface area contributed by atoms with Crippen molar-refractivity contribution < 1.29 is 28.4 Å². The van der Waals surface area contributed by atoms with Gasteiger partial charge in [0.2, 0.25) is 11.8 Å². The summed E-state index contributed by atoms with van der Waals surface area (Å²) in [6, 6.07) is 5.12. The van der Waals surface area contributed by atoms with E-state index in [0.717, 1.165) is 4.90 Å². The molecule has 0 aliphatic carbocycles. The molecule has 9 nitrogen and oxygen atoms in total. The second kappa shape index (κ2) is 7.58. The predicted molar refractivity (Wildman–Crippen MR) is 106 cm³/mol. The van der Waals surface area contributed by atoms with Gasteiger partial charge in [-0.2, -0.15) is 0 Å². The van der Waals surface area contributed by atoms with Gasteiger partial charge in [-0.25, -0.2) is 0 Å². The van der Waals surface area contributed by atoms with Crippen LogP contribution in [0.25, 0.3) is 0 Å². The Morgan fingerprint density at radius 3 is 2.00 bits per heavy atom. The monoisotopic (exact) mass is 411 g/mol. The Morgan fingerprint density at radius 1 is 1.03 bits per heavy atom. The summed E-state index contributed by atoms with van der Waals surface area (Å²) >= 11 is 0. The van der Waals surface area contributed by atoms with E-state index in [1.165, 1.54) is 26.0 Å². The summed E-state index contributed by atoms with van der Waals surface area (Å²) in [5, 5.41) is 2.43. The number of ketones is 1. The Hall–Kier alpha value is -3.75. The Labute approximate surface area is 172 Å². The van der Waals surface area contributed by atoms with E-state index in [1.807, 2.05) is 0 Å². The van der Waals surface area contributed by atoms with Crippen LogP contribution in [0.1, 0.15) is 68.0 Å². The standard InChI is InChI=1S/C21H21N3O6/c1-9(2)16(24-20(28)12-7-5-6-8-13(12)21(24)29)18(27)23-19-15(17(22)26)14(10(3)25)11(4)30-19/h5-9,16H,1-4H3,(H2,22,26)(H,23,27). The molecule has 4 amide bonds. The number of rotatable bonds is 6. The average Bonchev–Trinajstić information content (AvgIpc) is 3.11. The van der Waals surface area contributed by atoms with Crippen LogP contribution in [0.5, 0.6) is 0 Å². The zero-order valence-corrected chi connectivity index (χ0v) is 16.9. The van der Waals surface area contributed by atoms with Crippen molar-refractivity contribution in [3.63, 3.8) is 0 Å². The molecule has 0 spiro atoms. The molecule has 3 rings (SSSR count). The minimum atomic E-state index is -1.18. The highest BCUT2D eigenvalue weighted by Crippen LogP contribution is 2.30. The topological polar surface area (TPSA) is 140 Å². The molecule has 0 bridgehead atoms. The van der Waals surface area contributed by atoms with Crippen LogP contribution in [0.3, 0.4) is 0 Å². The van der Waals surface area contributed by atoms with E-state index < -0.39 is 41.4 Å². The van der Waals surface area contributed by atoms with Gasteiger partial charge >= 0.3 is 0 Å². The summed E-state index contributed by atoms with van der Waals surface area (Å²) in [6.45, 7) is 6.06. The molecule has 1 aliphatic heterocycles. The molecule has 1 unspecified atom stereocenters. The summed E-state index contributed by atoms with van der Waals surface area (Å²) < 4.78 is 5.41. The minimum absolute atomic E-state index is 0.0281. The van der Waals surface area contributed by atoms with Gasteiger partial charge in [0, 0.05) is 0 Å². The normalized spacial score (nSPS) is 14.1. The molecule has 0 saturated carbocycles. The lowest BCUT2D eigenvalue weighted by atomic mass is 10.0. The Balaban J connectivity index is 1.99. The molecule has 0 fully saturated rings. The maximum absolute atomic E-state index is 13.1. The van der Waals surface area contributed by atoms with Gasteiger partial charge in [-0.05, 0) is 31.9 Å². The minimum Gasteiger partial charge on any atom is -0.444 e. The molecule has 9 heteroatoms. The third-order valence-corrected chi connectivity index (χ3v) is 4.92. The molecule has 1 aliphatic rings. The largest absolute Gasteiger partial charge is 0.444 e. The number of furan rings is 1. The van der Waals surface area contributed by atoms with E-state index in [9.17, 15) is 24.0 Å². The maximum Gasteiger partial charge on any atom is 0.262 e. The molecule has 1 aromatic carbocycles. The number of fused-ring (bicyclic) bond motifs is 1. The van der Waals surface area contributed by atoms with Gasteiger partial charge < -0.3 is 10.2 Å². The first-order valence-electron chi connectivity index (χ1n) is 9.28. The summed E-state index contributed by atoms with van der Waals surface area (Å²) in [5.74, 6) is -3.94. The number of carbonyl (C=O) groups excluding carboxylic acids is 5. The highest BCUT2D eigenvalue weighted by molar-refractivity contribution is 6.23. The van der Waals surface area contributed by atoms with E-state index in [2.05, 4.69) is 5.32 Å². The fourth-order valence-corrected chi connectivity index (χ4v) is 3.66. The molecule has 0 radical (unpaired) electrons. The van der Waals surface area contributed by atoms with Gasteiger partial charge in [-0.1, -0.05) is 26.0 Å². The van der Waals surface area contributed by atoms with E-state index in [-0.39, 0.29) is 33.9 Å². The number of amides is 4. The lowest BCUT2D eigenvalue weighted by molar-refractivity contribution is -0.121. The van der Waals surface area contributed by atoms with Crippen molar-refractivity contribution in [2.75, 3.05) is 5.32 Å². The van der Waals surface area contributed by atoms with Crippen LogP contribution in [0.15, 0.2) is 28.7 Å². The molecule has 2 heterocycles. The Bertz CT molecular complexity index is 1060. The number of imide groups is 1. The lowest BCUT2D eigenvalue weighted by Crippen LogP contribution is -2.50. The van der Waals surface area contributed by atoms with Crippen LogP contribution in [0, 0.1) is 12.8 Å². The average molecular weight is 411 g/mol. The highest BCUT2D eigenvalue weighted by atomic mass is 16.4. The molecule has 0 saturated heterocycles. The maximum atomic E-state index is 13.1. The molecule has 1 atom stereocenters. The van der Waals surface area contributed by atoms with Gasteiger partial charge in [0.05, 0.1) is 16.7 Å². The number of nitrogens with two attached hydrogens (primary N) is 1. The molecule has 156 valence electrons. The van der Waals surface area contributed by atoms with Crippen molar-refractivity contribution in [3.8, 4) is 0 Å². The van der Waals surface area contributed by atoms with Crippen LogP contribution in [0.2, 0.25) is 0 Å². The molecule has 30 heavy (non-hydrogen) atoms. The number of anilines is 1. The number of Topliss-reactive ketones (excluding diaryl/α,β-unsaturated/α-hetero) is 1. The van der Waals surface area contributed by atoms with Crippen molar-refractivity contribution in [3.05, 3.63) is 52.3 Å². The quantitative estimate of drug-likeness (QED) is 0.551. The SMILES string of the molecule is CC(=O)c1c(C)oc(NC(=O)C(C(C)C)N2C(=O)c3ccccc3C2=O)c1C(N)=O. The summed E-state index contributed by atoms with van der Waals surface area (Å²) in [7, 11) is 0. The fraction of sp³-hybridized carbons (Fsp3) is 0.286. The van der Waals surface area contributed by atoms with E-state index in [1.54, 1.807) is 26.0 Å². The number of primary amides is 1. The van der Waals surface area contributed by atoms with E-state index in [0.29, 0.717) is 0 Å². The molecule has 2 aromatic rings. The summed E-state index contributed by atoms with van der Waals surface area (Å²) in [4.78, 5) is 63.4. The van der Waals surface area contributed by atoms with Crippen LogP contribution in [0.4, 0.5) is 5.88 Å². The first-order chi connectivity index (χ1) is 14.1. The number of carbonyl (C=O) groups is 5. The number of nitrogens with one attached hydrogen (secondary N) is 1. The Kier molecular flexibility index (Phi) is 5.30. The van der Waals surface area contributed by atoms with E-state index >= 15 is 0 Å². The van der Waals surface area contributed by atoms with Gasteiger partial charge in [-0.15, -0.1) is 0 Å². The van der Waals surface area contributed by atoms with Crippen molar-refractivity contribution in [1.82, 2.24) is 4.90 Å². The second-order valence-corrected chi connectivity index (χ2v) is 7.36. The highest BCUT2D eigenvalue weighted by Gasteiger charge is 2.44. The number of hydrogen-bond donors (Lipinski definition) is 2. The number of hydrogen-bond acceptors (Lipinski definition) is 6. The third kappa shape index (κ3) is 3.28. The van der Waals surface area contributed by atoms with E-state index in [4.69, 9.17) is 10.2 Å². The van der Waals surface area contributed by atoms with Crippen molar-refractivity contribution >= 4 is 35.3 Å². The van der Waals surface area contributed by atoms with Crippen molar-refractivity contribution in [2.24, 2.45) is 11.7 Å².